The van der Waals surface area contributed by atoms with Crippen LogP contribution in [-0.4, -0.2) is 11.5 Å². The molecule has 0 unspecified atom stereocenters. The number of hydrogen-bond donors (Lipinski definition) is 1. The van der Waals surface area contributed by atoms with Crippen LogP contribution in [0, 0.1) is 11.8 Å². The van der Waals surface area contributed by atoms with E-state index in [1.807, 2.05) is 18.5 Å². The van der Waals surface area contributed by atoms with Crippen molar-refractivity contribution in [1.82, 2.24) is 10.3 Å². The molecule has 1 aromatic heterocycles. The van der Waals surface area contributed by atoms with E-state index in [-0.39, 0.29) is 0 Å². The molecule has 1 N–H and O–H groups in total. The third-order valence-electron chi connectivity index (χ3n) is 4.03. The molecular formula is C15H24N2. The van der Waals surface area contributed by atoms with Gasteiger partial charge in [-0.15, -0.1) is 0 Å². The third-order valence-corrected chi connectivity index (χ3v) is 4.03. The van der Waals surface area contributed by atoms with Crippen molar-refractivity contribution in [3.05, 3.63) is 30.1 Å². The zero-order valence-corrected chi connectivity index (χ0v) is 11.0. The van der Waals surface area contributed by atoms with Crippen LogP contribution in [0.2, 0.25) is 0 Å². The lowest BCUT2D eigenvalue weighted by Gasteiger charge is -2.27. The van der Waals surface area contributed by atoms with E-state index in [0.29, 0.717) is 6.04 Å². The van der Waals surface area contributed by atoms with Crippen molar-refractivity contribution in [2.45, 2.75) is 45.6 Å². The smallest absolute Gasteiger partial charge is 0.0315 e. The molecular weight excluding hydrogens is 208 g/mol. The first kappa shape index (κ1) is 12.6. The van der Waals surface area contributed by atoms with Crippen molar-refractivity contribution < 1.29 is 0 Å². The minimum Gasteiger partial charge on any atom is -0.310 e. The molecule has 0 amide bonds. The van der Waals surface area contributed by atoms with Gasteiger partial charge in [0, 0.05) is 18.4 Å². The number of aromatic nitrogens is 1. The van der Waals surface area contributed by atoms with Gasteiger partial charge in [0.05, 0.1) is 0 Å². The van der Waals surface area contributed by atoms with Gasteiger partial charge in [-0.2, -0.15) is 0 Å². The second kappa shape index (κ2) is 6.15. The summed E-state index contributed by atoms with van der Waals surface area (Å²) in [6.45, 7) is 5.76. The lowest BCUT2D eigenvalue weighted by molar-refractivity contribution is 0.276. The zero-order chi connectivity index (χ0) is 12.1. The fraction of sp³-hybridized carbons (Fsp3) is 0.667. The van der Waals surface area contributed by atoms with Crippen molar-refractivity contribution in [2.75, 3.05) is 6.54 Å². The maximum absolute atomic E-state index is 4.17. The first-order valence-electron chi connectivity index (χ1n) is 6.89. The molecule has 0 radical (unpaired) electrons. The minimum absolute atomic E-state index is 0.419. The molecule has 1 fully saturated rings. The highest BCUT2D eigenvalue weighted by Crippen LogP contribution is 2.28. The lowest BCUT2D eigenvalue weighted by Crippen LogP contribution is -2.28. The highest BCUT2D eigenvalue weighted by atomic mass is 14.9. The molecule has 1 aromatic rings. The molecule has 1 aliphatic rings. The Morgan fingerprint density at radius 1 is 1.35 bits per heavy atom. The van der Waals surface area contributed by atoms with E-state index in [9.17, 15) is 0 Å². The Morgan fingerprint density at radius 2 is 2.12 bits per heavy atom. The summed E-state index contributed by atoms with van der Waals surface area (Å²) in [7, 11) is 0. The second-order valence-corrected chi connectivity index (χ2v) is 5.54. The maximum atomic E-state index is 4.17. The number of nitrogens with one attached hydrogen (secondary N) is 1. The Kier molecular flexibility index (Phi) is 4.55. The lowest BCUT2D eigenvalue weighted by atomic mass is 9.83. The molecule has 1 saturated carbocycles. The first-order valence-corrected chi connectivity index (χ1v) is 6.89. The van der Waals surface area contributed by atoms with Crippen LogP contribution in [0.5, 0.6) is 0 Å². The van der Waals surface area contributed by atoms with Gasteiger partial charge in [0.15, 0.2) is 0 Å². The van der Waals surface area contributed by atoms with Crippen LogP contribution < -0.4 is 5.32 Å². The van der Waals surface area contributed by atoms with Crippen molar-refractivity contribution in [3.63, 3.8) is 0 Å². The van der Waals surface area contributed by atoms with Crippen LogP contribution in [-0.2, 0) is 0 Å². The van der Waals surface area contributed by atoms with Gasteiger partial charge in [-0.3, -0.25) is 4.98 Å². The predicted octanol–water partition coefficient (Wildman–Crippen LogP) is 3.56. The van der Waals surface area contributed by atoms with Crippen molar-refractivity contribution in [2.24, 2.45) is 11.8 Å². The SMILES string of the molecule is CC1CCC(CN[C@H](C)c2cccnc2)CC1. The molecule has 1 aliphatic carbocycles. The molecule has 1 heterocycles. The second-order valence-electron chi connectivity index (χ2n) is 5.54. The Hall–Kier alpha value is -0.890. The van der Waals surface area contributed by atoms with Gasteiger partial charge < -0.3 is 5.32 Å². The molecule has 1 atom stereocenters. The van der Waals surface area contributed by atoms with E-state index >= 15 is 0 Å². The first-order chi connectivity index (χ1) is 8.25. The number of nitrogens with zero attached hydrogens (tertiary/aromatic N) is 1. The van der Waals surface area contributed by atoms with Gasteiger partial charge >= 0.3 is 0 Å². The topological polar surface area (TPSA) is 24.9 Å². The number of hydrogen-bond acceptors (Lipinski definition) is 2. The van der Waals surface area contributed by atoms with Crippen LogP contribution in [0.4, 0.5) is 0 Å². The van der Waals surface area contributed by atoms with Gasteiger partial charge in [-0.25, -0.2) is 0 Å². The molecule has 0 saturated heterocycles. The summed E-state index contributed by atoms with van der Waals surface area (Å²) in [5, 5.41) is 3.64. The summed E-state index contributed by atoms with van der Waals surface area (Å²) in [4.78, 5) is 4.17. The van der Waals surface area contributed by atoms with E-state index in [1.54, 1.807) is 0 Å². The van der Waals surface area contributed by atoms with Gasteiger partial charge in [0.25, 0.3) is 0 Å². The normalized spacial score (nSPS) is 26.7. The zero-order valence-electron chi connectivity index (χ0n) is 11.0. The highest BCUT2D eigenvalue weighted by Gasteiger charge is 2.18. The van der Waals surface area contributed by atoms with Crippen LogP contribution in [0.1, 0.15) is 51.1 Å². The summed E-state index contributed by atoms with van der Waals surface area (Å²) in [6, 6.07) is 4.58. The molecule has 2 nitrogen and oxygen atoms in total. The van der Waals surface area contributed by atoms with Crippen LogP contribution in [0.3, 0.4) is 0 Å². The van der Waals surface area contributed by atoms with E-state index in [0.717, 1.165) is 18.4 Å². The van der Waals surface area contributed by atoms with Crippen LogP contribution >= 0.6 is 0 Å². The largest absolute Gasteiger partial charge is 0.310 e. The van der Waals surface area contributed by atoms with Gasteiger partial charge in [-0.1, -0.05) is 25.8 Å². The summed E-state index contributed by atoms with van der Waals surface area (Å²) in [5.41, 5.74) is 1.29. The fourth-order valence-corrected chi connectivity index (χ4v) is 2.63. The molecule has 94 valence electrons. The van der Waals surface area contributed by atoms with Gasteiger partial charge in [0.2, 0.25) is 0 Å². The Balaban J connectivity index is 1.75. The third kappa shape index (κ3) is 3.81. The monoisotopic (exact) mass is 232 g/mol. The molecule has 0 aromatic carbocycles. The molecule has 0 bridgehead atoms. The Bertz CT molecular complexity index is 315. The van der Waals surface area contributed by atoms with E-state index in [1.165, 1.54) is 31.2 Å². The average Bonchev–Trinajstić information content (AvgIpc) is 2.39. The predicted molar refractivity (Wildman–Crippen MR) is 71.8 cm³/mol. The van der Waals surface area contributed by atoms with Crippen molar-refractivity contribution in [3.8, 4) is 0 Å². The van der Waals surface area contributed by atoms with Crippen molar-refractivity contribution >= 4 is 0 Å². The molecule has 2 heteroatoms. The quantitative estimate of drug-likeness (QED) is 0.858. The van der Waals surface area contributed by atoms with Crippen LogP contribution in [0.25, 0.3) is 0 Å². The average molecular weight is 232 g/mol. The van der Waals surface area contributed by atoms with Crippen molar-refractivity contribution in [1.29, 1.82) is 0 Å². The van der Waals surface area contributed by atoms with Gasteiger partial charge in [0.1, 0.15) is 0 Å². The number of rotatable bonds is 4. The highest BCUT2D eigenvalue weighted by molar-refractivity contribution is 5.12. The van der Waals surface area contributed by atoms with E-state index < -0.39 is 0 Å². The summed E-state index contributed by atoms with van der Waals surface area (Å²) < 4.78 is 0. The fourth-order valence-electron chi connectivity index (χ4n) is 2.63. The van der Waals surface area contributed by atoms with Crippen LogP contribution in [0.15, 0.2) is 24.5 Å². The Labute approximate surface area is 105 Å². The molecule has 0 aliphatic heterocycles. The summed E-state index contributed by atoms with van der Waals surface area (Å²) in [6.07, 6.45) is 9.41. The minimum atomic E-state index is 0.419. The van der Waals surface area contributed by atoms with E-state index in [4.69, 9.17) is 0 Å². The summed E-state index contributed by atoms with van der Waals surface area (Å²) in [5.74, 6) is 1.83. The molecule has 2 rings (SSSR count). The van der Waals surface area contributed by atoms with Gasteiger partial charge in [-0.05, 0) is 49.8 Å². The van der Waals surface area contributed by atoms with E-state index in [2.05, 4.69) is 30.2 Å². The maximum Gasteiger partial charge on any atom is 0.0315 e. The summed E-state index contributed by atoms with van der Waals surface area (Å²) >= 11 is 0. The number of pyridine rings is 1. The molecule has 17 heavy (non-hydrogen) atoms. The molecule has 0 spiro atoms. The standard InChI is InChI=1S/C15H24N2/c1-12-5-7-14(8-6-12)10-17-13(2)15-4-3-9-16-11-15/h3-4,9,11-14,17H,5-8,10H2,1-2H3/t12?,13-,14?/m1/s1. The Morgan fingerprint density at radius 3 is 2.76 bits per heavy atom.